The van der Waals surface area contributed by atoms with Crippen molar-refractivity contribution in [1.29, 1.82) is 0 Å². The van der Waals surface area contributed by atoms with E-state index >= 15 is 0 Å². The molecule has 82 valence electrons. The molecule has 1 amide bonds. The first-order chi connectivity index (χ1) is 7.08. The van der Waals surface area contributed by atoms with Crippen LogP contribution < -0.4 is 5.32 Å². The molecule has 5 heteroatoms. The smallest absolute Gasteiger partial charge is 0.225 e. The number of nitrogens with zero attached hydrogens (tertiary/aromatic N) is 2. The lowest BCUT2D eigenvalue weighted by Gasteiger charge is -2.05. The maximum atomic E-state index is 11.4. The van der Waals surface area contributed by atoms with Gasteiger partial charge in [0.2, 0.25) is 11.2 Å². The van der Waals surface area contributed by atoms with Crippen LogP contribution in [0.15, 0.2) is 12.3 Å². The Kier molecular flexibility index (Phi) is 4.49. The zero-order chi connectivity index (χ0) is 11.3. The number of hydrogen-bond donors (Lipinski definition) is 1. The van der Waals surface area contributed by atoms with Crippen LogP contribution in [0.4, 0.5) is 5.82 Å². The molecule has 0 aromatic carbocycles. The van der Waals surface area contributed by atoms with Crippen molar-refractivity contribution in [2.45, 2.75) is 26.7 Å². The molecule has 4 nitrogen and oxygen atoms in total. The summed E-state index contributed by atoms with van der Waals surface area (Å²) in [6.45, 7) is 4.16. The van der Waals surface area contributed by atoms with Crippen molar-refractivity contribution in [3.63, 3.8) is 0 Å². The van der Waals surface area contributed by atoms with Crippen LogP contribution in [-0.4, -0.2) is 15.9 Å². The fraction of sp³-hybridized carbons (Fsp3) is 0.500. The van der Waals surface area contributed by atoms with E-state index in [9.17, 15) is 4.79 Å². The molecule has 0 aliphatic carbocycles. The Morgan fingerprint density at radius 3 is 2.93 bits per heavy atom. The number of anilines is 1. The maximum absolute atomic E-state index is 11.4. The summed E-state index contributed by atoms with van der Waals surface area (Å²) in [5, 5.41) is 2.80. The molecule has 0 fully saturated rings. The highest BCUT2D eigenvalue weighted by Gasteiger charge is 2.05. The van der Waals surface area contributed by atoms with Gasteiger partial charge in [0.15, 0.2) is 0 Å². The lowest BCUT2D eigenvalue weighted by atomic mass is 10.1. The van der Waals surface area contributed by atoms with Crippen LogP contribution in [0.5, 0.6) is 0 Å². The predicted octanol–water partition coefficient (Wildman–Crippen LogP) is 2.50. The van der Waals surface area contributed by atoms with Crippen molar-refractivity contribution >= 4 is 23.3 Å². The quantitative estimate of drug-likeness (QED) is 0.805. The van der Waals surface area contributed by atoms with E-state index in [1.165, 1.54) is 6.20 Å². The Hall–Kier alpha value is -1.16. The molecule has 1 N–H and O–H groups in total. The second-order valence-electron chi connectivity index (χ2n) is 3.69. The van der Waals surface area contributed by atoms with Gasteiger partial charge in [0.1, 0.15) is 5.82 Å². The topological polar surface area (TPSA) is 54.9 Å². The van der Waals surface area contributed by atoms with Crippen molar-refractivity contribution in [3.8, 4) is 0 Å². The monoisotopic (exact) mass is 227 g/mol. The fourth-order valence-corrected chi connectivity index (χ4v) is 1.18. The molecular weight excluding hydrogens is 214 g/mol. The Labute approximate surface area is 94.1 Å². The van der Waals surface area contributed by atoms with Crippen molar-refractivity contribution in [1.82, 2.24) is 9.97 Å². The number of hydrogen-bond acceptors (Lipinski definition) is 3. The average Bonchev–Trinajstić information content (AvgIpc) is 2.15. The van der Waals surface area contributed by atoms with Gasteiger partial charge in [-0.1, -0.05) is 13.8 Å². The molecule has 0 spiro atoms. The van der Waals surface area contributed by atoms with Gasteiger partial charge in [0.05, 0.1) is 0 Å². The average molecular weight is 228 g/mol. The predicted molar refractivity (Wildman–Crippen MR) is 59.7 cm³/mol. The number of carbonyl (C=O) groups is 1. The minimum atomic E-state index is -0.0431. The third-order valence-electron chi connectivity index (χ3n) is 1.84. The van der Waals surface area contributed by atoms with Gasteiger partial charge in [-0.15, -0.1) is 0 Å². The first-order valence-electron chi connectivity index (χ1n) is 4.86. The van der Waals surface area contributed by atoms with E-state index in [1.54, 1.807) is 6.07 Å². The van der Waals surface area contributed by atoms with Gasteiger partial charge in [0, 0.05) is 12.6 Å². The van der Waals surface area contributed by atoms with Gasteiger partial charge in [-0.2, -0.15) is 0 Å². The van der Waals surface area contributed by atoms with Crippen LogP contribution in [0, 0.1) is 5.92 Å². The molecular formula is C10H14ClN3O. The summed E-state index contributed by atoms with van der Waals surface area (Å²) >= 11 is 5.58. The molecule has 1 aromatic heterocycles. The minimum absolute atomic E-state index is 0.0431. The molecule has 0 aliphatic heterocycles. The zero-order valence-corrected chi connectivity index (χ0v) is 9.58. The number of halogens is 1. The van der Waals surface area contributed by atoms with Crippen LogP contribution in [0.3, 0.4) is 0 Å². The number of nitrogens with one attached hydrogen (secondary N) is 1. The molecule has 0 unspecified atom stereocenters. The van der Waals surface area contributed by atoms with E-state index < -0.39 is 0 Å². The highest BCUT2D eigenvalue weighted by atomic mass is 35.5. The van der Waals surface area contributed by atoms with E-state index in [2.05, 4.69) is 29.1 Å². The Bertz CT molecular complexity index is 341. The van der Waals surface area contributed by atoms with E-state index in [4.69, 9.17) is 11.6 Å². The van der Waals surface area contributed by atoms with E-state index in [0.717, 1.165) is 6.42 Å². The van der Waals surface area contributed by atoms with E-state index in [1.807, 2.05) is 0 Å². The second-order valence-corrected chi connectivity index (χ2v) is 4.03. The number of rotatable bonds is 4. The van der Waals surface area contributed by atoms with Gasteiger partial charge >= 0.3 is 0 Å². The Balaban J connectivity index is 2.44. The van der Waals surface area contributed by atoms with Crippen LogP contribution in [0.25, 0.3) is 0 Å². The number of aromatic nitrogens is 2. The molecule has 0 aliphatic rings. The summed E-state index contributed by atoms with van der Waals surface area (Å²) < 4.78 is 0. The van der Waals surface area contributed by atoms with Crippen LogP contribution in [0.2, 0.25) is 5.28 Å². The van der Waals surface area contributed by atoms with Crippen LogP contribution in [0.1, 0.15) is 26.7 Å². The summed E-state index contributed by atoms with van der Waals surface area (Å²) in [5.41, 5.74) is 0. The van der Waals surface area contributed by atoms with E-state index in [0.29, 0.717) is 18.2 Å². The first kappa shape index (κ1) is 11.9. The Morgan fingerprint density at radius 1 is 1.60 bits per heavy atom. The summed E-state index contributed by atoms with van der Waals surface area (Å²) in [7, 11) is 0. The van der Waals surface area contributed by atoms with Gasteiger partial charge in [-0.25, -0.2) is 9.97 Å². The van der Waals surface area contributed by atoms with Crippen molar-refractivity contribution in [2.24, 2.45) is 5.92 Å². The highest BCUT2D eigenvalue weighted by molar-refractivity contribution is 6.28. The van der Waals surface area contributed by atoms with Crippen molar-refractivity contribution < 1.29 is 4.79 Å². The van der Waals surface area contributed by atoms with Crippen molar-refractivity contribution in [2.75, 3.05) is 5.32 Å². The lowest BCUT2D eigenvalue weighted by molar-refractivity contribution is -0.116. The molecule has 15 heavy (non-hydrogen) atoms. The second kappa shape index (κ2) is 5.66. The van der Waals surface area contributed by atoms with Gasteiger partial charge in [-0.3, -0.25) is 4.79 Å². The standard InChI is InChI=1S/C10H14ClN3O/c1-7(2)3-4-9(15)13-8-5-6-12-10(11)14-8/h5-7H,3-4H2,1-2H3,(H,12,13,14,15). The zero-order valence-electron chi connectivity index (χ0n) is 8.83. The third kappa shape index (κ3) is 4.74. The molecule has 1 rings (SSSR count). The van der Waals surface area contributed by atoms with Gasteiger partial charge in [-0.05, 0) is 30.0 Å². The third-order valence-corrected chi connectivity index (χ3v) is 2.02. The normalized spacial score (nSPS) is 10.4. The molecule has 0 atom stereocenters. The molecule has 0 bridgehead atoms. The largest absolute Gasteiger partial charge is 0.311 e. The molecule has 1 aromatic rings. The van der Waals surface area contributed by atoms with Gasteiger partial charge in [0.25, 0.3) is 0 Å². The van der Waals surface area contributed by atoms with Crippen molar-refractivity contribution in [3.05, 3.63) is 17.5 Å². The Morgan fingerprint density at radius 2 is 2.33 bits per heavy atom. The van der Waals surface area contributed by atoms with Crippen LogP contribution >= 0.6 is 11.6 Å². The van der Waals surface area contributed by atoms with Gasteiger partial charge < -0.3 is 5.32 Å². The summed E-state index contributed by atoms with van der Waals surface area (Å²) in [5.74, 6) is 0.923. The molecule has 0 saturated heterocycles. The van der Waals surface area contributed by atoms with E-state index in [-0.39, 0.29) is 11.2 Å². The summed E-state index contributed by atoms with van der Waals surface area (Å²) in [6.07, 6.45) is 2.87. The molecule has 0 radical (unpaired) electrons. The lowest BCUT2D eigenvalue weighted by Crippen LogP contribution is -2.13. The fourth-order valence-electron chi connectivity index (χ4n) is 1.03. The SMILES string of the molecule is CC(C)CCC(=O)Nc1ccnc(Cl)n1. The maximum Gasteiger partial charge on any atom is 0.225 e. The molecule has 1 heterocycles. The number of amides is 1. The summed E-state index contributed by atoms with van der Waals surface area (Å²) in [4.78, 5) is 19.0. The molecule has 0 saturated carbocycles. The first-order valence-corrected chi connectivity index (χ1v) is 5.24. The van der Waals surface area contributed by atoms with Crippen LogP contribution in [-0.2, 0) is 4.79 Å². The number of carbonyl (C=O) groups excluding carboxylic acids is 1. The summed E-state index contributed by atoms with van der Waals surface area (Å²) in [6, 6.07) is 1.61. The highest BCUT2D eigenvalue weighted by Crippen LogP contribution is 2.08. The minimum Gasteiger partial charge on any atom is -0.311 e.